The van der Waals surface area contributed by atoms with Crippen molar-refractivity contribution in [2.24, 2.45) is 7.05 Å². The smallest absolute Gasteiger partial charge is 0.247 e. The maximum atomic E-state index is 5.45. The van der Waals surface area contributed by atoms with Gasteiger partial charge in [-0.1, -0.05) is 12.1 Å². The number of hydrogen-bond donors (Lipinski definition) is 1. The summed E-state index contributed by atoms with van der Waals surface area (Å²) in [5.41, 5.74) is 4.64. The average molecular weight is 400 g/mol. The lowest BCUT2D eigenvalue weighted by atomic mass is 10.1. The van der Waals surface area contributed by atoms with Crippen molar-refractivity contribution >= 4 is 28.2 Å². The summed E-state index contributed by atoms with van der Waals surface area (Å²) in [4.78, 5) is 4.63. The normalized spacial score (nSPS) is 16.6. The van der Waals surface area contributed by atoms with Crippen molar-refractivity contribution in [2.45, 2.75) is 12.5 Å². The average Bonchev–Trinajstić information content (AvgIpc) is 3.52. The van der Waals surface area contributed by atoms with Gasteiger partial charge in [0.25, 0.3) is 0 Å². The number of aryl methyl sites for hydroxylation is 1. The minimum Gasteiger partial charge on any atom is -0.379 e. The van der Waals surface area contributed by atoms with E-state index in [9.17, 15) is 0 Å². The van der Waals surface area contributed by atoms with E-state index in [1.165, 1.54) is 0 Å². The van der Waals surface area contributed by atoms with Gasteiger partial charge in [0.15, 0.2) is 5.65 Å². The molecular weight excluding hydrogens is 380 g/mol. The van der Waals surface area contributed by atoms with Crippen LogP contribution in [-0.2, 0) is 11.8 Å². The van der Waals surface area contributed by atoms with E-state index >= 15 is 0 Å². The standard InChI is InChI=1S/C21H20N8O/c1-27-11-15-9-14(5-6-18(15)25-27)19-3-2-4-20-24-21(26-29(19)20)23-16-10-22-28(12-16)17-7-8-30-13-17/h2-6,9-12,17H,7-8,13H2,1H3,(H,23,26). The highest BCUT2D eigenvalue weighted by atomic mass is 16.5. The molecule has 1 N–H and O–H groups in total. The first-order valence-electron chi connectivity index (χ1n) is 9.91. The number of hydrogen-bond acceptors (Lipinski definition) is 6. The van der Waals surface area contributed by atoms with Crippen LogP contribution in [0.1, 0.15) is 12.5 Å². The van der Waals surface area contributed by atoms with Crippen LogP contribution in [-0.4, -0.2) is 47.4 Å². The van der Waals surface area contributed by atoms with Gasteiger partial charge in [0.2, 0.25) is 5.95 Å². The van der Waals surface area contributed by atoms with Crippen LogP contribution in [0.25, 0.3) is 27.8 Å². The fourth-order valence-electron chi connectivity index (χ4n) is 3.95. The molecule has 9 nitrogen and oxygen atoms in total. The molecular formula is C21H20N8O. The molecule has 1 aromatic carbocycles. The van der Waals surface area contributed by atoms with Gasteiger partial charge in [-0.05, 0) is 30.7 Å². The molecule has 1 fully saturated rings. The van der Waals surface area contributed by atoms with Gasteiger partial charge in [0, 0.05) is 37.0 Å². The van der Waals surface area contributed by atoms with Crippen LogP contribution in [0.2, 0.25) is 0 Å². The van der Waals surface area contributed by atoms with E-state index in [2.05, 4.69) is 37.7 Å². The van der Waals surface area contributed by atoms with Gasteiger partial charge in [-0.25, -0.2) is 4.52 Å². The van der Waals surface area contributed by atoms with E-state index in [0.29, 0.717) is 18.6 Å². The van der Waals surface area contributed by atoms with Crippen molar-refractivity contribution < 1.29 is 4.74 Å². The largest absolute Gasteiger partial charge is 0.379 e. The fourth-order valence-corrected chi connectivity index (χ4v) is 3.95. The number of aromatic nitrogens is 7. The third-order valence-corrected chi connectivity index (χ3v) is 5.41. The second kappa shape index (κ2) is 6.67. The number of nitrogens with zero attached hydrogens (tertiary/aromatic N) is 7. The molecule has 1 aliphatic rings. The zero-order chi connectivity index (χ0) is 20.1. The summed E-state index contributed by atoms with van der Waals surface area (Å²) in [5, 5.41) is 17.9. The van der Waals surface area contributed by atoms with Gasteiger partial charge >= 0.3 is 0 Å². The highest BCUT2D eigenvalue weighted by molar-refractivity contribution is 5.83. The lowest BCUT2D eigenvalue weighted by molar-refractivity contribution is 0.184. The molecule has 30 heavy (non-hydrogen) atoms. The Kier molecular flexibility index (Phi) is 3.81. The quantitative estimate of drug-likeness (QED) is 0.499. The molecule has 1 saturated heterocycles. The Morgan fingerprint density at radius 1 is 1.13 bits per heavy atom. The number of ether oxygens (including phenoxy) is 1. The summed E-state index contributed by atoms with van der Waals surface area (Å²) < 4.78 is 11.1. The number of anilines is 2. The number of fused-ring (bicyclic) bond motifs is 2. The molecule has 5 aromatic rings. The molecule has 150 valence electrons. The van der Waals surface area contributed by atoms with Crippen LogP contribution in [0.5, 0.6) is 0 Å². The molecule has 4 aromatic heterocycles. The van der Waals surface area contributed by atoms with Crippen molar-refractivity contribution in [3.05, 3.63) is 55.0 Å². The molecule has 1 aliphatic heterocycles. The van der Waals surface area contributed by atoms with Crippen molar-refractivity contribution in [3.8, 4) is 11.3 Å². The minimum atomic E-state index is 0.295. The van der Waals surface area contributed by atoms with Crippen molar-refractivity contribution in [1.29, 1.82) is 0 Å². The second-order valence-electron chi connectivity index (χ2n) is 7.54. The lowest BCUT2D eigenvalue weighted by Gasteiger charge is -2.06. The minimum absolute atomic E-state index is 0.295. The first-order chi connectivity index (χ1) is 14.7. The van der Waals surface area contributed by atoms with Crippen LogP contribution < -0.4 is 5.32 Å². The third kappa shape index (κ3) is 2.91. The number of pyridine rings is 1. The van der Waals surface area contributed by atoms with Gasteiger partial charge in [0.1, 0.15) is 0 Å². The molecule has 0 aliphatic carbocycles. The van der Waals surface area contributed by atoms with Gasteiger partial charge in [-0.3, -0.25) is 9.36 Å². The summed E-state index contributed by atoms with van der Waals surface area (Å²) >= 11 is 0. The number of nitrogens with one attached hydrogen (secondary N) is 1. The zero-order valence-electron chi connectivity index (χ0n) is 16.4. The van der Waals surface area contributed by atoms with Crippen molar-refractivity contribution in [2.75, 3.05) is 18.5 Å². The zero-order valence-corrected chi connectivity index (χ0v) is 16.4. The van der Waals surface area contributed by atoms with Gasteiger partial charge in [-0.15, -0.1) is 5.10 Å². The van der Waals surface area contributed by atoms with Crippen molar-refractivity contribution in [3.63, 3.8) is 0 Å². The molecule has 0 radical (unpaired) electrons. The summed E-state index contributed by atoms with van der Waals surface area (Å²) in [6.45, 7) is 1.49. The van der Waals surface area contributed by atoms with E-state index in [4.69, 9.17) is 4.74 Å². The van der Waals surface area contributed by atoms with Crippen LogP contribution in [0, 0.1) is 0 Å². The van der Waals surface area contributed by atoms with E-state index in [-0.39, 0.29) is 0 Å². The fraction of sp³-hybridized carbons (Fsp3) is 0.238. The first-order valence-corrected chi connectivity index (χ1v) is 9.91. The Labute approximate surface area is 171 Å². The second-order valence-corrected chi connectivity index (χ2v) is 7.54. The third-order valence-electron chi connectivity index (χ3n) is 5.41. The molecule has 9 heteroatoms. The Morgan fingerprint density at radius 3 is 3.00 bits per heavy atom. The molecule has 0 bridgehead atoms. The van der Waals surface area contributed by atoms with Gasteiger partial charge < -0.3 is 10.1 Å². The summed E-state index contributed by atoms with van der Waals surface area (Å²) in [7, 11) is 1.93. The van der Waals surface area contributed by atoms with Crippen LogP contribution in [0.4, 0.5) is 11.6 Å². The van der Waals surface area contributed by atoms with Crippen LogP contribution >= 0.6 is 0 Å². The monoisotopic (exact) mass is 400 g/mol. The molecule has 0 spiro atoms. The van der Waals surface area contributed by atoms with Crippen molar-refractivity contribution in [1.82, 2.24) is 34.2 Å². The maximum absolute atomic E-state index is 5.45. The lowest BCUT2D eigenvalue weighted by Crippen LogP contribution is -2.08. The molecule has 5 heterocycles. The Morgan fingerprint density at radius 2 is 2.10 bits per heavy atom. The maximum Gasteiger partial charge on any atom is 0.247 e. The molecule has 1 atom stereocenters. The van der Waals surface area contributed by atoms with E-state index < -0.39 is 0 Å². The van der Waals surface area contributed by atoms with E-state index in [1.54, 1.807) is 6.20 Å². The Balaban J connectivity index is 1.34. The number of benzene rings is 1. The highest BCUT2D eigenvalue weighted by Crippen LogP contribution is 2.26. The van der Waals surface area contributed by atoms with Gasteiger partial charge in [-0.2, -0.15) is 15.2 Å². The Hall–Kier alpha value is -3.72. The van der Waals surface area contributed by atoms with Crippen LogP contribution in [0.15, 0.2) is 55.0 Å². The van der Waals surface area contributed by atoms with Crippen LogP contribution in [0.3, 0.4) is 0 Å². The summed E-state index contributed by atoms with van der Waals surface area (Å²) in [6, 6.07) is 12.5. The molecule has 0 saturated carbocycles. The predicted octanol–water partition coefficient (Wildman–Crippen LogP) is 3.18. The van der Waals surface area contributed by atoms with E-state index in [0.717, 1.165) is 46.5 Å². The molecule has 1 unspecified atom stereocenters. The topological polar surface area (TPSA) is 87.1 Å². The predicted molar refractivity (Wildman–Crippen MR) is 113 cm³/mol. The Bertz CT molecular complexity index is 1360. The highest BCUT2D eigenvalue weighted by Gasteiger charge is 2.18. The number of rotatable bonds is 4. The van der Waals surface area contributed by atoms with E-state index in [1.807, 2.05) is 57.6 Å². The first kappa shape index (κ1) is 17.2. The van der Waals surface area contributed by atoms with Gasteiger partial charge in [0.05, 0.1) is 35.7 Å². The molecule has 0 amide bonds. The summed E-state index contributed by atoms with van der Waals surface area (Å²) in [5.74, 6) is 0.534. The summed E-state index contributed by atoms with van der Waals surface area (Å²) in [6.07, 6.45) is 6.77. The SMILES string of the molecule is Cn1cc2cc(-c3cccc4nc(Nc5cnn(C6CCOC6)c5)nn34)ccc2n1. The molecule has 6 rings (SSSR count).